The van der Waals surface area contributed by atoms with E-state index in [1.807, 2.05) is 25.1 Å². The van der Waals surface area contributed by atoms with Crippen molar-refractivity contribution < 1.29 is 23.8 Å². The molecule has 0 heterocycles. The Bertz CT molecular complexity index is 1120. The molecule has 3 rings (SSSR count). The fraction of sp³-hybridized carbons (Fsp3) is 0.167. The Morgan fingerprint density at radius 2 is 1.62 bits per heavy atom. The van der Waals surface area contributed by atoms with E-state index in [0.717, 1.165) is 10.0 Å². The standard InChI is InChI=1S/C24H23BrN2O5/c1-15-12-17(25)5-10-20(15)27-24(29)16-4-11-21(22(13-16)31-3)32-14-23(28)26-18-6-8-19(30-2)9-7-18/h4-13H,14H2,1-3H3,(H,26,28)(H,27,29). The second kappa shape index (κ2) is 10.7. The third kappa shape index (κ3) is 6.01. The molecule has 0 radical (unpaired) electrons. The number of hydrogen-bond acceptors (Lipinski definition) is 5. The SMILES string of the molecule is COc1ccc(NC(=O)COc2ccc(C(=O)Nc3ccc(Br)cc3C)cc2OC)cc1. The van der Waals surface area contributed by atoms with Gasteiger partial charge in [0.15, 0.2) is 18.1 Å². The molecular formula is C24H23BrN2O5. The lowest BCUT2D eigenvalue weighted by atomic mass is 10.1. The number of nitrogens with one attached hydrogen (secondary N) is 2. The number of amides is 2. The van der Waals surface area contributed by atoms with Crippen LogP contribution in [0.15, 0.2) is 65.1 Å². The van der Waals surface area contributed by atoms with Gasteiger partial charge in [0.05, 0.1) is 14.2 Å². The molecule has 2 N–H and O–H groups in total. The smallest absolute Gasteiger partial charge is 0.262 e. The lowest BCUT2D eigenvalue weighted by Gasteiger charge is -2.13. The lowest BCUT2D eigenvalue weighted by Crippen LogP contribution is -2.20. The first-order valence-corrected chi connectivity index (χ1v) is 10.5. The summed E-state index contributed by atoms with van der Waals surface area (Å²) < 4.78 is 17.0. The lowest BCUT2D eigenvalue weighted by molar-refractivity contribution is -0.118. The van der Waals surface area contributed by atoms with Crippen LogP contribution in [0.25, 0.3) is 0 Å². The number of carbonyl (C=O) groups excluding carboxylic acids is 2. The Hall–Kier alpha value is -3.52. The van der Waals surface area contributed by atoms with Crippen LogP contribution in [0.2, 0.25) is 0 Å². The highest BCUT2D eigenvalue weighted by Gasteiger charge is 2.14. The van der Waals surface area contributed by atoms with Crippen molar-refractivity contribution in [3.8, 4) is 17.2 Å². The fourth-order valence-corrected chi connectivity index (χ4v) is 3.38. The summed E-state index contributed by atoms with van der Waals surface area (Å²) in [5, 5.41) is 5.62. The zero-order chi connectivity index (χ0) is 23.1. The van der Waals surface area contributed by atoms with E-state index in [2.05, 4.69) is 26.6 Å². The first kappa shape index (κ1) is 23.1. The minimum atomic E-state index is -0.329. The zero-order valence-corrected chi connectivity index (χ0v) is 19.5. The first-order valence-electron chi connectivity index (χ1n) is 9.72. The molecule has 0 aliphatic heterocycles. The molecular weight excluding hydrogens is 476 g/mol. The number of benzene rings is 3. The molecule has 32 heavy (non-hydrogen) atoms. The Morgan fingerprint density at radius 3 is 2.28 bits per heavy atom. The molecule has 3 aromatic rings. The van der Waals surface area contributed by atoms with Gasteiger partial charge in [0.2, 0.25) is 0 Å². The van der Waals surface area contributed by atoms with Crippen molar-refractivity contribution >= 4 is 39.1 Å². The highest BCUT2D eigenvalue weighted by Crippen LogP contribution is 2.29. The van der Waals surface area contributed by atoms with Crippen LogP contribution in [0.3, 0.4) is 0 Å². The summed E-state index contributed by atoms with van der Waals surface area (Å²) >= 11 is 3.41. The van der Waals surface area contributed by atoms with Gasteiger partial charge in [-0.3, -0.25) is 9.59 Å². The van der Waals surface area contributed by atoms with Crippen molar-refractivity contribution in [1.29, 1.82) is 0 Å². The largest absolute Gasteiger partial charge is 0.497 e. The van der Waals surface area contributed by atoms with Crippen LogP contribution in [0.5, 0.6) is 17.2 Å². The van der Waals surface area contributed by atoms with Gasteiger partial charge in [0.1, 0.15) is 5.75 Å². The normalized spacial score (nSPS) is 10.2. The number of hydrogen-bond donors (Lipinski definition) is 2. The molecule has 0 fully saturated rings. The monoisotopic (exact) mass is 498 g/mol. The van der Waals surface area contributed by atoms with Gasteiger partial charge in [-0.1, -0.05) is 15.9 Å². The van der Waals surface area contributed by atoms with Crippen molar-refractivity contribution in [2.24, 2.45) is 0 Å². The second-order valence-corrected chi connectivity index (χ2v) is 7.76. The number of anilines is 2. The molecule has 0 bridgehead atoms. The molecule has 7 nitrogen and oxygen atoms in total. The Balaban J connectivity index is 1.62. The van der Waals surface area contributed by atoms with Gasteiger partial charge < -0.3 is 24.8 Å². The highest BCUT2D eigenvalue weighted by molar-refractivity contribution is 9.10. The summed E-state index contributed by atoms with van der Waals surface area (Å²) in [6.45, 7) is 1.70. The average molecular weight is 499 g/mol. The third-order valence-electron chi connectivity index (χ3n) is 4.60. The number of rotatable bonds is 8. The van der Waals surface area contributed by atoms with Gasteiger partial charge in [-0.2, -0.15) is 0 Å². The first-order chi connectivity index (χ1) is 15.4. The molecule has 0 unspecified atom stereocenters. The van der Waals surface area contributed by atoms with Crippen molar-refractivity contribution in [3.63, 3.8) is 0 Å². The highest BCUT2D eigenvalue weighted by atomic mass is 79.9. The van der Waals surface area contributed by atoms with Crippen molar-refractivity contribution in [3.05, 3.63) is 76.3 Å². The third-order valence-corrected chi connectivity index (χ3v) is 5.09. The van der Waals surface area contributed by atoms with Crippen LogP contribution < -0.4 is 24.8 Å². The molecule has 0 aliphatic carbocycles. The van der Waals surface area contributed by atoms with E-state index in [1.165, 1.54) is 7.11 Å². The maximum Gasteiger partial charge on any atom is 0.262 e. The van der Waals surface area contributed by atoms with Crippen LogP contribution in [0.1, 0.15) is 15.9 Å². The van der Waals surface area contributed by atoms with Gasteiger partial charge in [0.25, 0.3) is 11.8 Å². The summed E-state index contributed by atoms with van der Waals surface area (Å²) in [4.78, 5) is 24.9. The van der Waals surface area contributed by atoms with Crippen LogP contribution >= 0.6 is 15.9 Å². The number of halogens is 1. The quantitative estimate of drug-likeness (QED) is 0.454. The van der Waals surface area contributed by atoms with E-state index in [9.17, 15) is 9.59 Å². The zero-order valence-electron chi connectivity index (χ0n) is 17.9. The maximum absolute atomic E-state index is 12.7. The van der Waals surface area contributed by atoms with Gasteiger partial charge in [-0.25, -0.2) is 0 Å². The van der Waals surface area contributed by atoms with Crippen molar-refractivity contribution in [1.82, 2.24) is 0 Å². The van der Waals surface area contributed by atoms with Crippen LogP contribution in [-0.4, -0.2) is 32.6 Å². The molecule has 2 amide bonds. The van der Waals surface area contributed by atoms with Gasteiger partial charge in [-0.15, -0.1) is 0 Å². The minimum Gasteiger partial charge on any atom is -0.497 e. The molecule has 0 aromatic heterocycles. The number of methoxy groups -OCH3 is 2. The summed E-state index contributed by atoms with van der Waals surface area (Å²) in [6, 6.07) is 17.4. The van der Waals surface area contributed by atoms with Crippen LogP contribution in [0.4, 0.5) is 11.4 Å². The van der Waals surface area contributed by atoms with Crippen molar-refractivity contribution in [2.75, 3.05) is 31.5 Å². The van der Waals surface area contributed by atoms with E-state index in [-0.39, 0.29) is 18.4 Å². The van der Waals surface area contributed by atoms with E-state index in [4.69, 9.17) is 14.2 Å². The Morgan fingerprint density at radius 1 is 0.875 bits per heavy atom. The molecule has 0 aliphatic rings. The Kier molecular flexibility index (Phi) is 7.72. The molecule has 8 heteroatoms. The molecule has 0 saturated heterocycles. The van der Waals surface area contributed by atoms with Crippen LogP contribution in [0, 0.1) is 6.92 Å². The fourth-order valence-electron chi connectivity index (χ4n) is 2.90. The van der Waals surface area contributed by atoms with Crippen molar-refractivity contribution in [2.45, 2.75) is 6.92 Å². The number of aryl methyl sites for hydroxylation is 1. The molecule has 0 spiro atoms. The van der Waals surface area contributed by atoms with E-state index < -0.39 is 0 Å². The molecule has 0 atom stereocenters. The van der Waals surface area contributed by atoms with Gasteiger partial charge in [-0.05, 0) is 73.2 Å². The van der Waals surface area contributed by atoms with Crippen LogP contribution in [-0.2, 0) is 4.79 Å². The topological polar surface area (TPSA) is 85.9 Å². The van der Waals surface area contributed by atoms with Gasteiger partial charge >= 0.3 is 0 Å². The van der Waals surface area contributed by atoms with E-state index >= 15 is 0 Å². The Labute approximate surface area is 194 Å². The summed E-state index contributed by atoms with van der Waals surface area (Å²) in [5.74, 6) is 0.793. The second-order valence-electron chi connectivity index (χ2n) is 6.84. The summed E-state index contributed by atoms with van der Waals surface area (Å²) in [7, 11) is 3.05. The molecule has 166 valence electrons. The average Bonchev–Trinajstić information content (AvgIpc) is 2.79. The van der Waals surface area contributed by atoms with E-state index in [1.54, 1.807) is 49.6 Å². The summed E-state index contributed by atoms with van der Waals surface area (Å²) in [5.41, 5.74) is 2.68. The maximum atomic E-state index is 12.7. The number of carbonyl (C=O) groups is 2. The molecule has 0 saturated carbocycles. The predicted octanol–water partition coefficient (Wildman–Crippen LogP) is 5.04. The number of ether oxygens (including phenoxy) is 3. The molecule has 3 aromatic carbocycles. The van der Waals surface area contributed by atoms with E-state index in [0.29, 0.717) is 34.2 Å². The minimum absolute atomic E-state index is 0.216. The van der Waals surface area contributed by atoms with Gasteiger partial charge in [0, 0.05) is 21.4 Å². The predicted molar refractivity (Wildman–Crippen MR) is 127 cm³/mol. The summed E-state index contributed by atoms with van der Waals surface area (Å²) in [6.07, 6.45) is 0.